The summed E-state index contributed by atoms with van der Waals surface area (Å²) in [5.41, 5.74) is 3.40. The van der Waals surface area contributed by atoms with Gasteiger partial charge in [-0.25, -0.2) is 26.8 Å². The summed E-state index contributed by atoms with van der Waals surface area (Å²) < 4.78 is 82.9. The molecule has 0 spiro atoms. The average Bonchev–Trinajstić information content (AvgIpc) is 3.77. The van der Waals surface area contributed by atoms with Gasteiger partial charge in [0.25, 0.3) is 0 Å². The summed E-state index contributed by atoms with van der Waals surface area (Å²) in [6.07, 6.45) is 18.2. The molecule has 0 aliphatic carbocycles. The molecule has 23 heteroatoms. The van der Waals surface area contributed by atoms with E-state index in [-0.39, 0.29) is 148 Å². The van der Waals surface area contributed by atoms with Gasteiger partial charge in [-0.15, -0.1) is 0 Å². The van der Waals surface area contributed by atoms with Crippen molar-refractivity contribution < 1.29 is 181 Å². The molecule has 3 aliphatic rings. The van der Waals surface area contributed by atoms with Crippen LogP contribution in [0.5, 0.6) is 0 Å². The van der Waals surface area contributed by atoms with E-state index >= 15 is 0 Å². The largest absolute Gasteiger partial charge is 1.00 e. The molecule has 18 nitrogen and oxygen atoms in total. The fourth-order valence-corrected chi connectivity index (χ4v) is 12.1. The van der Waals surface area contributed by atoms with E-state index in [1.165, 1.54) is 24.3 Å². The molecule has 0 bridgehead atoms. The number of fused-ring (bicyclic) bond motifs is 2. The van der Waals surface area contributed by atoms with Crippen LogP contribution in [0.15, 0.2) is 90.1 Å². The molecule has 1 fully saturated rings. The second-order valence-corrected chi connectivity index (χ2v) is 27.0. The van der Waals surface area contributed by atoms with Crippen LogP contribution in [0, 0.1) is 0 Å². The third kappa shape index (κ3) is 25.7. The fourth-order valence-electron chi connectivity index (χ4n) is 11.1. The number of anilines is 1. The first kappa shape index (κ1) is 78.5. The third-order valence-electron chi connectivity index (χ3n) is 16.1. The molecule has 454 valence electrons. The van der Waals surface area contributed by atoms with Crippen LogP contribution in [0.2, 0.25) is 0 Å². The van der Waals surface area contributed by atoms with Crippen molar-refractivity contribution in [3.63, 3.8) is 0 Å². The van der Waals surface area contributed by atoms with Crippen molar-refractivity contribution in [3.05, 3.63) is 71.5 Å². The van der Waals surface area contributed by atoms with Gasteiger partial charge in [-0.3, -0.25) is 0 Å². The van der Waals surface area contributed by atoms with Gasteiger partial charge in [0.15, 0.2) is 5.71 Å². The Morgan fingerprint density at radius 2 is 1.29 bits per heavy atom. The number of aliphatic imine (C=N–C) groups is 4. The summed E-state index contributed by atoms with van der Waals surface area (Å²) in [4.78, 5) is 21.0. The van der Waals surface area contributed by atoms with Gasteiger partial charge >= 0.3 is 103 Å². The standard InChI is InChI=1S/C60H95N9O9S2.HI.2K/c1-59(2)51-46-49(79(72,73)74)28-30-53(51)66(37-17-12-14-26-57(70)63-34-21-36-65(5)6)55(59)24-20-25-56-60(3,4)52-47-50(80(75,76)77)29-31-54(52)67(56)38-18-13-15-27-58(71)64-35-23-40-68(7,8)39-19-11-10-16-32-61-48-62-33-22-41-69(9)42-44-78-45-43-69;;;/h20,24-25,28-31,46-47H,10-19,21-23,26-27,32-45H2,1-9H3,(H-3,63,64,70,71,72,73,74,75,76,77);1H;;/q;;2*+1/p-2. The van der Waals surface area contributed by atoms with Crippen molar-refractivity contribution in [1.29, 1.82) is 0 Å². The van der Waals surface area contributed by atoms with Gasteiger partial charge in [0.2, 0.25) is 5.69 Å². The smallest absolute Gasteiger partial charge is 1.00 e. The monoisotopic (exact) mass is 1350 g/mol. The van der Waals surface area contributed by atoms with Crippen molar-refractivity contribution in [1.82, 2.24) is 4.90 Å². The first-order chi connectivity index (χ1) is 37.7. The molecule has 0 radical (unpaired) electrons. The summed E-state index contributed by atoms with van der Waals surface area (Å²) in [6.45, 7) is 19.6. The molecular formula is C60H94IK2N9O9S2. The van der Waals surface area contributed by atoms with Crippen LogP contribution in [-0.4, -0.2) is 195 Å². The van der Waals surface area contributed by atoms with Crippen molar-refractivity contribution in [2.75, 3.05) is 132 Å². The number of unbranched alkanes of at least 4 members (excludes halogenated alkanes) is 7. The molecule has 0 saturated carbocycles. The van der Waals surface area contributed by atoms with Gasteiger partial charge in [-0.05, 0) is 152 Å². The van der Waals surface area contributed by atoms with Gasteiger partial charge < -0.3 is 76.8 Å². The molecule has 2 aromatic rings. The van der Waals surface area contributed by atoms with E-state index in [4.69, 9.17) is 4.74 Å². The zero-order valence-corrected chi connectivity index (χ0v) is 62.1. The minimum absolute atomic E-state index is 0. The van der Waals surface area contributed by atoms with Crippen LogP contribution < -0.4 is 142 Å². The number of morpholine rings is 1. The maximum Gasteiger partial charge on any atom is 1.00 e. The molecule has 0 atom stereocenters. The summed E-state index contributed by atoms with van der Waals surface area (Å²) in [7, 11) is 1.31. The number of allylic oxidation sites excluding steroid dienone is 4. The Bertz CT molecular complexity index is 2830. The minimum Gasteiger partial charge on any atom is -1.00 e. The Hall–Kier alpha value is -0.627. The Labute approximate surface area is 601 Å². The molecule has 2 aromatic carbocycles. The Morgan fingerprint density at radius 3 is 1.92 bits per heavy atom. The van der Waals surface area contributed by atoms with Crippen LogP contribution in [0.1, 0.15) is 135 Å². The molecule has 83 heavy (non-hydrogen) atoms. The number of hydrogen-bond acceptors (Lipinski definition) is 15. The molecular weight excluding hydrogens is 1260 g/mol. The predicted molar refractivity (Wildman–Crippen MR) is 315 cm³/mol. The van der Waals surface area contributed by atoms with E-state index in [1.54, 1.807) is 12.1 Å². The van der Waals surface area contributed by atoms with Crippen LogP contribution in [0.3, 0.4) is 0 Å². The number of rotatable bonds is 35. The van der Waals surface area contributed by atoms with Crippen LogP contribution >= 0.6 is 0 Å². The fraction of sp³-hybridized carbons (Fsp3) is 0.667. The van der Waals surface area contributed by atoms with Crippen molar-refractivity contribution in [2.24, 2.45) is 20.0 Å². The summed E-state index contributed by atoms with van der Waals surface area (Å²) >= 11 is 0. The maximum atomic E-state index is 12.9. The second kappa shape index (κ2) is 37.5. The number of nitrogens with zero attached hydrogens (tertiary/aromatic N) is 9. The number of hydrogen-bond donors (Lipinski definition) is 0. The van der Waals surface area contributed by atoms with Gasteiger partial charge in [0.1, 0.15) is 39.9 Å². The zero-order chi connectivity index (χ0) is 58.6. The summed E-state index contributed by atoms with van der Waals surface area (Å²) in [5, 5.41) is 25.4. The first-order valence-corrected chi connectivity index (χ1v) is 32.0. The number of quaternary nitrogens is 2. The molecule has 1 saturated heterocycles. The van der Waals surface area contributed by atoms with Gasteiger partial charge in [-0.1, -0.05) is 32.8 Å². The molecule has 0 amide bonds. The maximum absolute atomic E-state index is 12.9. The molecule has 3 aliphatic heterocycles. The molecule has 0 aromatic heterocycles. The topological polar surface area (TPSA) is 229 Å². The SMILES string of the molecule is CN(C)CCCN=C([O-])CCCCC[N+]1=C(/C=C/C=C2\N(CCCCCC([O-])=NCCC[N+](C)(C)CCCCCCN=C=NCCC[N+]3(C)CCOCC3)c3ccc(S(=O)(=O)[O-])cc3C2(C)C)C(C)(C)c2cc(S(=O)(=O)[O-])ccc21.[I-].[K+].[K+]. The average molecular weight is 1350 g/mol. The van der Waals surface area contributed by atoms with Crippen molar-refractivity contribution >= 4 is 55.1 Å². The van der Waals surface area contributed by atoms with E-state index in [0.29, 0.717) is 63.0 Å². The molecule has 3 heterocycles. The summed E-state index contributed by atoms with van der Waals surface area (Å²) in [5.74, 6) is -0.178. The Morgan fingerprint density at radius 1 is 0.735 bits per heavy atom. The number of benzene rings is 2. The van der Waals surface area contributed by atoms with Crippen molar-refractivity contribution in [2.45, 2.75) is 145 Å². The van der Waals surface area contributed by atoms with E-state index in [1.807, 2.05) is 60.0 Å². The Balaban J connectivity index is 0.00000784. The molecule has 0 N–H and O–H groups in total. The van der Waals surface area contributed by atoms with Crippen LogP contribution in [0.4, 0.5) is 11.4 Å². The zero-order valence-electron chi connectivity index (χ0n) is 52.1. The quantitative estimate of drug-likeness (QED) is 0.0105. The second-order valence-electron chi connectivity index (χ2n) is 24.2. The number of ether oxygens (including phenoxy) is 1. The Kier molecular flexibility index (Phi) is 35.5. The third-order valence-corrected chi connectivity index (χ3v) is 17.7. The van der Waals surface area contributed by atoms with E-state index < -0.39 is 31.1 Å². The van der Waals surface area contributed by atoms with Crippen LogP contribution in [-0.2, 0) is 35.8 Å². The predicted octanol–water partition coefficient (Wildman–Crippen LogP) is -2.22. The number of halogens is 1. The van der Waals surface area contributed by atoms with Crippen LogP contribution in [0.25, 0.3) is 0 Å². The van der Waals surface area contributed by atoms with E-state index in [9.17, 15) is 36.2 Å². The molecule has 5 rings (SSSR count). The van der Waals surface area contributed by atoms with E-state index in [2.05, 4.69) is 61.5 Å². The normalized spacial score (nSPS) is 17.3. The van der Waals surface area contributed by atoms with Gasteiger partial charge in [0.05, 0.1) is 81.8 Å². The minimum atomic E-state index is -4.72. The van der Waals surface area contributed by atoms with Gasteiger partial charge in [0, 0.05) is 79.9 Å². The van der Waals surface area contributed by atoms with Crippen molar-refractivity contribution in [3.8, 4) is 0 Å². The molecule has 0 unspecified atom stereocenters. The van der Waals surface area contributed by atoms with Gasteiger partial charge in [-0.2, -0.15) is 4.58 Å². The van der Waals surface area contributed by atoms with E-state index in [0.717, 1.165) is 168 Å². The first-order valence-electron chi connectivity index (χ1n) is 29.1. The summed E-state index contributed by atoms with van der Waals surface area (Å²) in [6, 6.07) is 11.9. The number of likely N-dealkylation sites (N-methyl/N-ethyl adjacent to an activating group) is 1.